The molecule has 1 aliphatic rings. The largest absolute Gasteiger partial charge is 0.487 e. The van der Waals surface area contributed by atoms with Gasteiger partial charge in [-0.1, -0.05) is 12.1 Å². The van der Waals surface area contributed by atoms with Gasteiger partial charge in [-0.05, 0) is 57.9 Å². The third kappa shape index (κ3) is 4.59. The van der Waals surface area contributed by atoms with Crippen molar-refractivity contribution in [2.24, 2.45) is 5.92 Å². The smallest absolute Gasteiger partial charge is 0.227 e. The van der Waals surface area contributed by atoms with E-state index < -0.39 is 0 Å². The fourth-order valence-corrected chi connectivity index (χ4v) is 3.55. The van der Waals surface area contributed by atoms with Crippen LogP contribution in [0, 0.1) is 5.92 Å². The van der Waals surface area contributed by atoms with Crippen LogP contribution in [0.5, 0.6) is 5.75 Å². The molecule has 152 valence electrons. The molecule has 0 radical (unpaired) electrons. The number of rotatable bonds is 4. The Morgan fingerprint density at radius 3 is 2.76 bits per heavy atom. The summed E-state index contributed by atoms with van der Waals surface area (Å²) < 4.78 is 13.4. The molecule has 6 nitrogen and oxygen atoms in total. The number of hydrogen-bond acceptors (Lipinski definition) is 4. The highest BCUT2D eigenvalue weighted by molar-refractivity contribution is 5.93. The van der Waals surface area contributed by atoms with Crippen LogP contribution in [0.3, 0.4) is 0 Å². The van der Waals surface area contributed by atoms with Crippen LogP contribution in [0.1, 0.15) is 33.6 Å². The van der Waals surface area contributed by atoms with Crippen molar-refractivity contribution in [3.05, 3.63) is 48.8 Å². The third-order valence-electron chi connectivity index (χ3n) is 4.92. The van der Waals surface area contributed by atoms with Crippen LogP contribution in [-0.2, 0) is 9.53 Å². The summed E-state index contributed by atoms with van der Waals surface area (Å²) in [6, 6.07) is 11.7. The maximum atomic E-state index is 12.6. The summed E-state index contributed by atoms with van der Waals surface area (Å²) in [6.45, 7) is 7.38. The number of carbonyl (C=O) groups excluding carboxylic acids is 1. The number of ether oxygens (including phenoxy) is 2. The van der Waals surface area contributed by atoms with Gasteiger partial charge in [0.2, 0.25) is 5.91 Å². The molecule has 0 saturated carbocycles. The molecule has 0 spiro atoms. The molecule has 6 heteroatoms. The minimum atomic E-state index is -0.275. The molecule has 0 bridgehead atoms. The summed E-state index contributed by atoms with van der Waals surface area (Å²) >= 11 is 0. The molecule has 1 saturated heterocycles. The Balaban J connectivity index is 1.59. The van der Waals surface area contributed by atoms with Crippen molar-refractivity contribution in [3.8, 4) is 17.0 Å². The topological polar surface area (TPSA) is 64.9 Å². The summed E-state index contributed by atoms with van der Waals surface area (Å²) in [7, 11) is 0. The van der Waals surface area contributed by atoms with Crippen molar-refractivity contribution >= 4 is 17.2 Å². The van der Waals surface area contributed by atoms with E-state index in [1.807, 2.05) is 74.0 Å². The first kappa shape index (κ1) is 19.5. The Hall–Kier alpha value is -2.86. The molecule has 2 aromatic heterocycles. The predicted octanol–water partition coefficient (Wildman–Crippen LogP) is 4.54. The number of benzene rings is 1. The van der Waals surface area contributed by atoms with Gasteiger partial charge in [-0.25, -0.2) is 4.98 Å². The van der Waals surface area contributed by atoms with Crippen molar-refractivity contribution in [2.45, 2.75) is 39.2 Å². The number of nitrogens with one attached hydrogen (secondary N) is 1. The molecular weight excluding hydrogens is 366 g/mol. The number of anilines is 1. The first-order valence-corrected chi connectivity index (χ1v) is 10.0. The van der Waals surface area contributed by atoms with Gasteiger partial charge < -0.3 is 14.8 Å². The molecule has 3 heterocycles. The first-order valence-electron chi connectivity index (χ1n) is 10.0. The summed E-state index contributed by atoms with van der Waals surface area (Å²) in [4.78, 5) is 17.1. The van der Waals surface area contributed by atoms with Crippen LogP contribution >= 0.6 is 0 Å². The molecule has 0 unspecified atom stereocenters. The normalized spacial score (nSPS) is 15.4. The Kier molecular flexibility index (Phi) is 5.28. The molecule has 3 aromatic rings. The fraction of sp³-hybridized carbons (Fsp3) is 0.391. The van der Waals surface area contributed by atoms with Crippen molar-refractivity contribution in [2.75, 3.05) is 18.5 Å². The summed E-state index contributed by atoms with van der Waals surface area (Å²) in [5.74, 6) is 0.859. The van der Waals surface area contributed by atoms with Crippen LogP contribution in [0.25, 0.3) is 16.9 Å². The molecule has 1 N–H and O–H groups in total. The van der Waals surface area contributed by atoms with Crippen LogP contribution in [0.4, 0.5) is 5.69 Å². The fourth-order valence-electron chi connectivity index (χ4n) is 3.55. The molecule has 1 fully saturated rings. The van der Waals surface area contributed by atoms with Gasteiger partial charge >= 0.3 is 0 Å². The molecule has 0 aliphatic carbocycles. The Labute approximate surface area is 170 Å². The Bertz CT molecular complexity index is 1010. The second-order valence-corrected chi connectivity index (χ2v) is 8.41. The van der Waals surface area contributed by atoms with E-state index in [4.69, 9.17) is 9.47 Å². The zero-order valence-electron chi connectivity index (χ0n) is 17.1. The zero-order valence-corrected chi connectivity index (χ0v) is 17.1. The Morgan fingerprint density at radius 1 is 1.21 bits per heavy atom. The van der Waals surface area contributed by atoms with E-state index in [2.05, 4.69) is 10.3 Å². The van der Waals surface area contributed by atoms with Crippen LogP contribution in [0.2, 0.25) is 0 Å². The van der Waals surface area contributed by atoms with E-state index in [1.54, 1.807) is 0 Å². The predicted molar refractivity (Wildman–Crippen MR) is 113 cm³/mol. The second kappa shape index (κ2) is 7.87. The van der Waals surface area contributed by atoms with Gasteiger partial charge in [0.25, 0.3) is 0 Å². The maximum Gasteiger partial charge on any atom is 0.227 e. The number of carbonyl (C=O) groups is 1. The number of pyridine rings is 1. The second-order valence-electron chi connectivity index (χ2n) is 8.41. The number of aromatic nitrogens is 2. The minimum absolute atomic E-state index is 0.0142. The van der Waals surface area contributed by atoms with Crippen LogP contribution in [-0.4, -0.2) is 34.1 Å². The van der Waals surface area contributed by atoms with E-state index >= 15 is 0 Å². The van der Waals surface area contributed by atoms with Gasteiger partial charge in [0, 0.05) is 30.4 Å². The third-order valence-corrected chi connectivity index (χ3v) is 4.92. The molecule has 1 aromatic carbocycles. The molecule has 1 aliphatic heterocycles. The molecular formula is C23H27N3O3. The average Bonchev–Trinajstić information content (AvgIpc) is 3.11. The standard InChI is InChI=1S/C23H27N3O3/c1-23(2,3)29-19-7-8-21-24-14-20(26(21)15-19)17-5-4-6-18(13-17)25-22(27)16-9-11-28-12-10-16/h4-8,13-16H,9-12H2,1-3H3,(H,25,27). The lowest BCUT2D eigenvalue weighted by molar-refractivity contribution is -0.122. The van der Waals surface area contributed by atoms with E-state index in [0.717, 1.165) is 41.2 Å². The van der Waals surface area contributed by atoms with Crippen molar-refractivity contribution < 1.29 is 14.3 Å². The Morgan fingerprint density at radius 2 is 2.00 bits per heavy atom. The maximum absolute atomic E-state index is 12.6. The SMILES string of the molecule is CC(C)(C)Oc1ccc2ncc(-c3cccc(NC(=O)C4CCOCC4)c3)n2c1. The highest BCUT2D eigenvalue weighted by atomic mass is 16.5. The van der Waals surface area contributed by atoms with Crippen molar-refractivity contribution in [1.82, 2.24) is 9.38 Å². The molecule has 4 rings (SSSR count). The van der Waals surface area contributed by atoms with Gasteiger partial charge in [-0.2, -0.15) is 0 Å². The van der Waals surface area contributed by atoms with Gasteiger partial charge in [-0.3, -0.25) is 9.20 Å². The van der Waals surface area contributed by atoms with E-state index in [9.17, 15) is 4.79 Å². The summed E-state index contributed by atoms with van der Waals surface area (Å²) in [6.07, 6.45) is 5.34. The van der Waals surface area contributed by atoms with E-state index in [0.29, 0.717) is 13.2 Å². The first-order chi connectivity index (χ1) is 13.9. The van der Waals surface area contributed by atoms with Gasteiger partial charge in [-0.15, -0.1) is 0 Å². The summed E-state index contributed by atoms with van der Waals surface area (Å²) in [5.41, 5.74) is 3.29. The lowest BCUT2D eigenvalue weighted by Gasteiger charge is -2.21. The van der Waals surface area contributed by atoms with Gasteiger partial charge in [0.1, 0.15) is 17.0 Å². The van der Waals surface area contributed by atoms with E-state index in [1.165, 1.54) is 0 Å². The van der Waals surface area contributed by atoms with Crippen LogP contribution in [0.15, 0.2) is 48.8 Å². The number of imidazole rings is 1. The van der Waals surface area contributed by atoms with Crippen molar-refractivity contribution in [1.29, 1.82) is 0 Å². The van der Waals surface area contributed by atoms with Crippen molar-refractivity contribution in [3.63, 3.8) is 0 Å². The lowest BCUT2D eigenvalue weighted by Crippen LogP contribution is -2.28. The number of amides is 1. The number of fused-ring (bicyclic) bond motifs is 1. The quantitative estimate of drug-likeness (QED) is 0.707. The van der Waals surface area contributed by atoms with Gasteiger partial charge in [0.05, 0.1) is 18.1 Å². The molecule has 29 heavy (non-hydrogen) atoms. The van der Waals surface area contributed by atoms with E-state index in [-0.39, 0.29) is 17.4 Å². The number of nitrogens with zero attached hydrogens (tertiary/aromatic N) is 2. The monoisotopic (exact) mass is 393 g/mol. The lowest BCUT2D eigenvalue weighted by atomic mass is 9.99. The highest BCUT2D eigenvalue weighted by Gasteiger charge is 2.21. The molecule has 0 atom stereocenters. The van der Waals surface area contributed by atoms with Crippen LogP contribution < -0.4 is 10.1 Å². The van der Waals surface area contributed by atoms with Gasteiger partial charge in [0.15, 0.2) is 0 Å². The minimum Gasteiger partial charge on any atom is -0.487 e. The zero-order chi connectivity index (χ0) is 20.4. The highest BCUT2D eigenvalue weighted by Crippen LogP contribution is 2.27. The molecule has 1 amide bonds. The number of hydrogen-bond donors (Lipinski definition) is 1. The summed E-state index contributed by atoms with van der Waals surface area (Å²) in [5, 5.41) is 3.06. The average molecular weight is 393 g/mol.